The molecule has 0 bridgehead atoms. The van der Waals surface area contributed by atoms with Crippen molar-refractivity contribution in [3.8, 4) is 11.1 Å². The number of benzene rings is 1. The molecular formula is C21H19FN4O3S. The van der Waals surface area contributed by atoms with Crippen LogP contribution in [0.1, 0.15) is 11.1 Å². The number of halogens is 1. The fourth-order valence-electron chi connectivity index (χ4n) is 3.25. The maximum Gasteiger partial charge on any atom is 0.250 e. The molecule has 2 heterocycles. The van der Waals surface area contributed by atoms with Crippen molar-refractivity contribution in [1.82, 2.24) is 19.1 Å². The first-order valence-corrected chi connectivity index (χ1v) is 10.6. The lowest BCUT2D eigenvalue weighted by Crippen LogP contribution is -2.26. The molecule has 154 valence electrons. The van der Waals surface area contributed by atoms with Gasteiger partial charge in [0.2, 0.25) is 15.5 Å². The number of nitrogens with zero attached hydrogens (tertiary/aromatic N) is 4. The van der Waals surface area contributed by atoms with E-state index in [0.717, 1.165) is 15.4 Å². The van der Waals surface area contributed by atoms with Gasteiger partial charge < -0.3 is 0 Å². The Morgan fingerprint density at radius 3 is 2.43 bits per heavy atom. The van der Waals surface area contributed by atoms with Gasteiger partial charge in [-0.05, 0) is 23.6 Å². The molecule has 0 aliphatic heterocycles. The lowest BCUT2D eigenvalue weighted by Gasteiger charge is -2.15. The second-order valence-electron chi connectivity index (χ2n) is 7.21. The summed E-state index contributed by atoms with van der Waals surface area (Å²) in [6, 6.07) is 9.39. The molecule has 0 spiro atoms. The van der Waals surface area contributed by atoms with E-state index in [2.05, 4.69) is 10.1 Å². The molecule has 1 unspecified atom stereocenters. The van der Waals surface area contributed by atoms with E-state index in [0.29, 0.717) is 16.3 Å². The maximum atomic E-state index is 14.8. The number of pyridine rings is 1. The highest BCUT2D eigenvalue weighted by Crippen LogP contribution is 2.28. The van der Waals surface area contributed by atoms with Gasteiger partial charge in [0.15, 0.2) is 5.43 Å². The molecule has 0 saturated carbocycles. The van der Waals surface area contributed by atoms with Gasteiger partial charge in [-0.25, -0.2) is 17.1 Å². The second kappa shape index (κ2) is 7.26. The van der Waals surface area contributed by atoms with Crippen LogP contribution in [0.4, 0.5) is 4.39 Å². The minimum absolute atomic E-state index is 0.0935. The van der Waals surface area contributed by atoms with Gasteiger partial charge in [0.25, 0.3) is 0 Å². The van der Waals surface area contributed by atoms with Crippen molar-refractivity contribution in [2.75, 3.05) is 14.1 Å². The van der Waals surface area contributed by atoms with E-state index in [1.54, 1.807) is 48.4 Å². The molecule has 2 aromatic heterocycles. The monoisotopic (exact) mass is 426 g/mol. The first-order chi connectivity index (χ1) is 14.2. The Morgan fingerprint density at radius 2 is 1.77 bits per heavy atom. The summed E-state index contributed by atoms with van der Waals surface area (Å²) in [6.07, 6.45) is 5.15. The van der Waals surface area contributed by atoms with Crippen LogP contribution in [-0.4, -0.2) is 41.6 Å². The fraction of sp³-hybridized carbons (Fsp3) is 0.190. The van der Waals surface area contributed by atoms with Crippen molar-refractivity contribution in [3.63, 3.8) is 0 Å². The Morgan fingerprint density at radius 1 is 1.03 bits per heavy atom. The quantitative estimate of drug-likeness (QED) is 0.501. The van der Waals surface area contributed by atoms with Crippen LogP contribution >= 0.6 is 0 Å². The third kappa shape index (κ3) is 3.35. The Balaban J connectivity index is 1.96. The van der Waals surface area contributed by atoms with Gasteiger partial charge in [0, 0.05) is 61.0 Å². The standard InChI is InChI=1S/C21H19FN4O3S/c1-25(2)30(28,29)21(22)14-5-4-13-6-7-19-18(20(27)17(13)8-14)9-15(10-23-19)16-11-24-26(3)12-16/h4-12,21H,1-3H3. The summed E-state index contributed by atoms with van der Waals surface area (Å²) in [4.78, 5) is 17.7. The fourth-order valence-corrected chi connectivity index (χ4v) is 4.11. The van der Waals surface area contributed by atoms with Crippen molar-refractivity contribution >= 4 is 31.7 Å². The lowest BCUT2D eigenvalue weighted by atomic mass is 10.1. The number of hydrogen-bond donors (Lipinski definition) is 0. The van der Waals surface area contributed by atoms with Crippen molar-refractivity contribution < 1.29 is 12.8 Å². The number of sulfonamides is 1. The molecule has 0 aliphatic carbocycles. The van der Waals surface area contributed by atoms with E-state index < -0.39 is 15.5 Å². The predicted octanol–water partition coefficient (Wildman–Crippen LogP) is 3.01. The van der Waals surface area contributed by atoms with Gasteiger partial charge in [-0.2, -0.15) is 5.10 Å². The average molecular weight is 426 g/mol. The normalized spacial score (nSPS) is 13.2. The minimum Gasteiger partial charge on any atom is -0.289 e. The molecule has 0 aliphatic rings. The first kappa shape index (κ1) is 20.1. The molecular weight excluding hydrogens is 407 g/mol. The summed E-state index contributed by atoms with van der Waals surface area (Å²) < 4.78 is 41.6. The Labute approximate surface area is 172 Å². The zero-order valence-electron chi connectivity index (χ0n) is 16.6. The third-order valence-electron chi connectivity index (χ3n) is 4.98. The Bertz CT molecular complexity index is 1450. The number of rotatable bonds is 4. The smallest absolute Gasteiger partial charge is 0.250 e. The van der Waals surface area contributed by atoms with Crippen LogP contribution in [-0.2, 0) is 17.1 Å². The van der Waals surface area contributed by atoms with E-state index in [1.165, 1.54) is 26.2 Å². The van der Waals surface area contributed by atoms with Crippen LogP contribution < -0.4 is 5.43 Å². The summed E-state index contributed by atoms with van der Waals surface area (Å²) in [5.41, 5.74) is -0.686. The van der Waals surface area contributed by atoms with Crippen LogP contribution in [0.3, 0.4) is 0 Å². The molecule has 4 aromatic rings. The summed E-state index contributed by atoms with van der Waals surface area (Å²) >= 11 is 0. The molecule has 1 atom stereocenters. The van der Waals surface area contributed by atoms with Crippen LogP contribution in [0, 0.1) is 0 Å². The number of alkyl halides is 1. The average Bonchev–Trinajstić information content (AvgIpc) is 3.11. The SMILES string of the molecule is CN(C)S(=O)(=O)C(F)c1ccc2ccc3ncc(-c4cnn(C)c4)cc3c(=O)c2c1. The van der Waals surface area contributed by atoms with Crippen molar-refractivity contribution in [2.24, 2.45) is 7.05 Å². The van der Waals surface area contributed by atoms with E-state index in [1.807, 2.05) is 6.20 Å². The van der Waals surface area contributed by atoms with Gasteiger partial charge in [-0.1, -0.05) is 18.2 Å². The Kier molecular flexibility index (Phi) is 4.87. The molecule has 0 N–H and O–H groups in total. The zero-order valence-corrected chi connectivity index (χ0v) is 17.4. The number of aryl methyl sites for hydroxylation is 1. The van der Waals surface area contributed by atoms with Gasteiger partial charge >= 0.3 is 0 Å². The number of hydrogen-bond acceptors (Lipinski definition) is 5. The number of aromatic nitrogens is 3. The molecule has 0 saturated heterocycles. The topological polar surface area (TPSA) is 85.2 Å². The second-order valence-corrected chi connectivity index (χ2v) is 9.39. The van der Waals surface area contributed by atoms with E-state index in [-0.39, 0.29) is 16.4 Å². The molecule has 0 amide bonds. The van der Waals surface area contributed by atoms with E-state index in [9.17, 15) is 17.6 Å². The molecule has 9 heteroatoms. The summed E-state index contributed by atoms with van der Waals surface area (Å²) in [5, 5.41) is 5.28. The summed E-state index contributed by atoms with van der Waals surface area (Å²) in [6.45, 7) is 0. The van der Waals surface area contributed by atoms with Gasteiger partial charge in [0.1, 0.15) is 0 Å². The molecule has 2 aromatic carbocycles. The largest absolute Gasteiger partial charge is 0.289 e. The highest BCUT2D eigenvalue weighted by atomic mass is 32.2. The third-order valence-corrected chi connectivity index (χ3v) is 6.79. The van der Waals surface area contributed by atoms with Crippen LogP contribution in [0.2, 0.25) is 0 Å². The molecule has 30 heavy (non-hydrogen) atoms. The highest BCUT2D eigenvalue weighted by molar-refractivity contribution is 7.89. The van der Waals surface area contributed by atoms with Gasteiger partial charge in [-0.3, -0.25) is 14.5 Å². The van der Waals surface area contributed by atoms with Crippen LogP contribution in [0.15, 0.2) is 59.8 Å². The van der Waals surface area contributed by atoms with Crippen LogP contribution in [0.25, 0.3) is 32.8 Å². The van der Waals surface area contributed by atoms with Gasteiger partial charge in [-0.15, -0.1) is 0 Å². The maximum absolute atomic E-state index is 14.8. The van der Waals surface area contributed by atoms with Crippen molar-refractivity contribution in [3.05, 3.63) is 70.8 Å². The summed E-state index contributed by atoms with van der Waals surface area (Å²) in [5.74, 6) is 0. The highest BCUT2D eigenvalue weighted by Gasteiger charge is 2.29. The van der Waals surface area contributed by atoms with Crippen molar-refractivity contribution in [1.29, 1.82) is 0 Å². The molecule has 4 rings (SSSR count). The minimum atomic E-state index is -4.17. The lowest BCUT2D eigenvalue weighted by molar-refractivity contribution is 0.402. The number of fused-ring (bicyclic) bond motifs is 2. The first-order valence-electron chi connectivity index (χ1n) is 9.09. The Hall–Kier alpha value is -3.17. The molecule has 0 fully saturated rings. The summed E-state index contributed by atoms with van der Waals surface area (Å²) in [7, 11) is 0.155. The van der Waals surface area contributed by atoms with E-state index >= 15 is 0 Å². The predicted molar refractivity (Wildman–Crippen MR) is 114 cm³/mol. The van der Waals surface area contributed by atoms with E-state index in [4.69, 9.17) is 0 Å². The van der Waals surface area contributed by atoms with Gasteiger partial charge in [0.05, 0.1) is 11.7 Å². The van der Waals surface area contributed by atoms with Crippen LogP contribution in [0.5, 0.6) is 0 Å². The zero-order chi connectivity index (χ0) is 21.6. The molecule has 0 radical (unpaired) electrons. The molecule has 7 nitrogen and oxygen atoms in total. The van der Waals surface area contributed by atoms with Crippen molar-refractivity contribution in [2.45, 2.75) is 5.50 Å².